The predicted octanol–water partition coefficient (Wildman–Crippen LogP) is 6.49. The Labute approximate surface area is 358 Å². The van der Waals surface area contributed by atoms with E-state index in [4.69, 9.17) is 14.4 Å². The topological polar surface area (TPSA) is 156 Å². The van der Waals surface area contributed by atoms with E-state index in [9.17, 15) is 9.59 Å². The number of amides is 1. The summed E-state index contributed by atoms with van der Waals surface area (Å²) in [5.41, 5.74) is 4.29. The number of H-pyrrole nitrogens is 1. The third-order valence-corrected chi connectivity index (χ3v) is 13.6. The Morgan fingerprint density at radius 2 is 1.70 bits per heavy atom. The van der Waals surface area contributed by atoms with E-state index in [2.05, 4.69) is 40.4 Å². The van der Waals surface area contributed by atoms with Gasteiger partial charge in [-0.2, -0.15) is 10.2 Å². The van der Waals surface area contributed by atoms with E-state index in [0.29, 0.717) is 95.9 Å². The van der Waals surface area contributed by atoms with Crippen molar-refractivity contribution in [3.8, 4) is 17.2 Å². The second-order valence-corrected chi connectivity index (χ2v) is 17.3. The summed E-state index contributed by atoms with van der Waals surface area (Å²) in [5, 5.41) is 14.6. The highest BCUT2D eigenvalue weighted by Gasteiger charge is 2.59. The Hall–Kier alpha value is -6.88. The maximum Gasteiger partial charge on any atom is 0.438 e. The smallest absolute Gasteiger partial charge is 0.381 e. The van der Waals surface area contributed by atoms with Crippen LogP contribution in [-0.2, 0) is 30.3 Å². The molecule has 0 bridgehead atoms. The first-order valence-electron chi connectivity index (χ1n) is 21.3. The Bertz CT molecular complexity index is 3260. The third kappa shape index (κ3) is 5.99. The number of halogens is 2. The van der Waals surface area contributed by atoms with Crippen molar-refractivity contribution in [3.63, 3.8) is 0 Å². The van der Waals surface area contributed by atoms with Gasteiger partial charge in [0.2, 0.25) is 0 Å². The second kappa shape index (κ2) is 14.3. The summed E-state index contributed by atoms with van der Waals surface area (Å²) in [6, 6.07) is 14.9. The number of fused-ring (bicyclic) bond motifs is 3. The van der Waals surface area contributed by atoms with Crippen molar-refractivity contribution in [3.05, 3.63) is 139 Å². The average Bonchev–Trinajstić information content (AvgIpc) is 3.84. The van der Waals surface area contributed by atoms with Gasteiger partial charge in [-0.15, -0.1) is 0 Å². The molecule has 3 aliphatic rings. The molecule has 0 radical (unpaired) electrons. The molecule has 7 heterocycles. The minimum atomic E-state index is -0.839. The molecule has 2 atom stereocenters. The van der Waals surface area contributed by atoms with Gasteiger partial charge in [0.15, 0.2) is 11.6 Å². The quantitative estimate of drug-likeness (QED) is 0.191. The fraction of sp³-hybridized carbons (Fsp3) is 0.348. The molecule has 2 fully saturated rings. The highest BCUT2D eigenvalue weighted by molar-refractivity contribution is 5.99. The molecule has 63 heavy (non-hydrogen) atoms. The first-order valence-corrected chi connectivity index (χ1v) is 21.3. The number of hydrogen-bond donors (Lipinski definition) is 1. The molecule has 1 saturated heterocycles. The van der Waals surface area contributed by atoms with Crippen LogP contribution in [0.1, 0.15) is 82.8 Å². The van der Waals surface area contributed by atoms with Gasteiger partial charge in [0.25, 0.3) is 5.91 Å². The van der Waals surface area contributed by atoms with Crippen LogP contribution in [0.3, 0.4) is 0 Å². The van der Waals surface area contributed by atoms with Crippen LogP contribution in [-0.4, -0.2) is 74.0 Å². The number of ether oxygens (including phenoxy) is 1. The molecule has 2 aliphatic heterocycles. The summed E-state index contributed by atoms with van der Waals surface area (Å²) in [6.45, 7) is 7.26. The van der Waals surface area contributed by atoms with Crippen molar-refractivity contribution in [2.45, 2.75) is 70.9 Å². The lowest BCUT2D eigenvalue weighted by Crippen LogP contribution is -2.35. The van der Waals surface area contributed by atoms with Crippen LogP contribution in [0.15, 0.2) is 81.2 Å². The third-order valence-electron chi connectivity index (χ3n) is 13.6. The summed E-state index contributed by atoms with van der Waals surface area (Å²) in [4.78, 5) is 47.0. The molecule has 0 unspecified atom stereocenters. The fourth-order valence-corrected chi connectivity index (χ4v) is 10.1. The highest BCUT2D eigenvalue weighted by atomic mass is 19.1. The molecule has 322 valence electrons. The zero-order valence-electron chi connectivity index (χ0n) is 35.2. The zero-order chi connectivity index (χ0) is 43.5. The number of aromatic nitrogens is 9. The number of rotatable bonds is 7. The van der Waals surface area contributed by atoms with Crippen molar-refractivity contribution in [2.24, 2.45) is 13.0 Å². The van der Waals surface area contributed by atoms with Gasteiger partial charge < -0.3 is 14.2 Å². The Kier molecular flexibility index (Phi) is 8.87. The van der Waals surface area contributed by atoms with Crippen molar-refractivity contribution < 1.29 is 22.8 Å². The van der Waals surface area contributed by atoms with Crippen LogP contribution in [0.5, 0.6) is 0 Å². The number of carbonyl (C=O) groups excluding carboxylic acids is 1. The van der Waals surface area contributed by atoms with E-state index in [-0.39, 0.29) is 35.3 Å². The molecule has 1 saturated carbocycles. The Morgan fingerprint density at radius 3 is 2.43 bits per heavy atom. The molecule has 1 aliphatic carbocycles. The monoisotopic (exact) mass is 854 g/mol. The SMILES string of the molecule is Cc1cc(-n2nc3c(c2-n2ccn(-c4ccc5c(cnn5C)c4F)c2=O)CN(C(=O)c2cc4cc(C5CCOCC5)ccc4n2[C@@]2(c4noc(=O)[nH]4)C[C@@H]2C)CCC3)cc(C)c1F. The summed E-state index contributed by atoms with van der Waals surface area (Å²) in [5.74, 6) is -0.809. The van der Waals surface area contributed by atoms with Gasteiger partial charge in [0.05, 0.1) is 40.7 Å². The lowest BCUT2D eigenvalue weighted by molar-refractivity contribution is 0.0732. The Balaban J connectivity index is 1.06. The molecule has 5 aromatic heterocycles. The molecule has 11 rings (SSSR count). The number of aromatic amines is 1. The number of benzene rings is 3. The number of nitrogens with one attached hydrogen (secondary N) is 1. The maximum absolute atomic E-state index is 16.1. The average molecular weight is 855 g/mol. The number of imidazole rings is 1. The zero-order valence-corrected chi connectivity index (χ0v) is 35.2. The summed E-state index contributed by atoms with van der Waals surface area (Å²) < 4.78 is 49.7. The minimum absolute atomic E-state index is 0.0124. The second-order valence-electron chi connectivity index (χ2n) is 17.3. The summed E-state index contributed by atoms with van der Waals surface area (Å²) >= 11 is 0. The number of hydrogen-bond acceptors (Lipinski definition) is 8. The lowest BCUT2D eigenvalue weighted by atomic mass is 9.91. The van der Waals surface area contributed by atoms with Gasteiger partial charge in [-0.25, -0.2) is 23.1 Å². The van der Waals surface area contributed by atoms with E-state index >= 15 is 13.6 Å². The van der Waals surface area contributed by atoms with Crippen LogP contribution in [0, 0.1) is 31.4 Å². The Morgan fingerprint density at radius 1 is 0.952 bits per heavy atom. The van der Waals surface area contributed by atoms with Crippen LogP contribution >= 0.6 is 0 Å². The van der Waals surface area contributed by atoms with E-state index < -0.39 is 22.8 Å². The first-order chi connectivity index (χ1) is 30.4. The molecule has 15 nitrogen and oxygen atoms in total. The molecule has 1 amide bonds. The number of nitrogens with zero attached hydrogens (tertiary/aromatic N) is 9. The summed E-state index contributed by atoms with van der Waals surface area (Å²) in [7, 11) is 1.72. The molecular weight excluding hydrogens is 811 g/mol. The largest absolute Gasteiger partial charge is 0.438 e. The van der Waals surface area contributed by atoms with Crippen molar-refractivity contribution in [2.75, 3.05) is 19.8 Å². The van der Waals surface area contributed by atoms with Crippen LogP contribution in [0.25, 0.3) is 39.0 Å². The van der Waals surface area contributed by atoms with E-state index in [0.717, 1.165) is 23.7 Å². The van der Waals surface area contributed by atoms with E-state index in [1.54, 1.807) is 65.6 Å². The highest BCUT2D eigenvalue weighted by Crippen LogP contribution is 2.56. The van der Waals surface area contributed by atoms with Crippen LogP contribution in [0.2, 0.25) is 0 Å². The molecule has 0 spiro atoms. The van der Waals surface area contributed by atoms with Crippen molar-refractivity contribution in [1.82, 2.24) is 48.3 Å². The van der Waals surface area contributed by atoms with Gasteiger partial charge in [0, 0.05) is 55.7 Å². The first kappa shape index (κ1) is 39.0. The van der Waals surface area contributed by atoms with Crippen molar-refractivity contribution in [1.29, 1.82) is 0 Å². The molecular formula is C46H44F2N10O5. The predicted molar refractivity (Wildman–Crippen MR) is 228 cm³/mol. The van der Waals surface area contributed by atoms with Crippen LogP contribution < -0.4 is 11.4 Å². The number of carbonyl (C=O) groups is 1. The van der Waals surface area contributed by atoms with Gasteiger partial charge in [-0.3, -0.25) is 28.1 Å². The maximum atomic E-state index is 16.1. The van der Waals surface area contributed by atoms with Gasteiger partial charge in [-0.1, -0.05) is 18.1 Å². The van der Waals surface area contributed by atoms with Gasteiger partial charge >= 0.3 is 11.4 Å². The summed E-state index contributed by atoms with van der Waals surface area (Å²) in [6.07, 6.45) is 7.98. The van der Waals surface area contributed by atoms with Gasteiger partial charge in [0.1, 0.15) is 22.9 Å². The molecule has 3 aromatic carbocycles. The van der Waals surface area contributed by atoms with Gasteiger partial charge in [-0.05, 0) is 117 Å². The molecule has 17 heteroatoms. The standard InChI is InChI=1S/C46H44F2N10O5/c1-25-18-31(19-26(2)39(25)47)58-41(56-15-14-55(45(56)61)37-10-9-36-32(40(37)48)23-49-53(36)4)33-24-54(13-5-6-34(33)51-58)42(59)38-21-30-20-29(28-11-16-62-17-12-28)7-8-35(30)57(38)46(22-27(46)3)43-50-44(60)63-52-43/h7-10,14-15,18-21,23,27-28H,5-6,11-13,16-17,22,24H2,1-4H3,(H,50,52,60)/t27-,46-/m0/s1. The van der Waals surface area contributed by atoms with E-state index in [1.807, 2.05) is 10.6 Å². The van der Waals surface area contributed by atoms with Crippen LogP contribution in [0.4, 0.5) is 8.78 Å². The minimum Gasteiger partial charge on any atom is -0.381 e. The number of aryl methyl sites for hydroxylation is 4. The van der Waals surface area contributed by atoms with Crippen molar-refractivity contribution >= 4 is 27.7 Å². The molecule has 1 N–H and O–H groups in total. The van der Waals surface area contributed by atoms with E-state index in [1.165, 1.54) is 27.1 Å². The lowest BCUT2D eigenvalue weighted by Gasteiger charge is -2.26. The normalized spacial score (nSPS) is 19.3. The molecule has 8 aromatic rings. The fourth-order valence-electron chi connectivity index (χ4n) is 10.1.